The Labute approximate surface area is 82.5 Å². The second-order valence-electron chi connectivity index (χ2n) is 2.74. The number of carbonyl (C=O) groups is 1. The van der Waals surface area contributed by atoms with Gasteiger partial charge in [-0.25, -0.2) is 0 Å². The highest BCUT2D eigenvalue weighted by molar-refractivity contribution is 6.64. The fourth-order valence-electron chi connectivity index (χ4n) is 0.861. The quantitative estimate of drug-likeness (QED) is 0.695. The van der Waals surface area contributed by atoms with Gasteiger partial charge >= 0.3 is 0 Å². The Kier molecular flexibility index (Phi) is 3.93. The van der Waals surface area contributed by atoms with Crippen molar-refractivity contribution in [1.29, 1.82) is 0 Å². The van der Waals surface area contributed by atoms with E-state index in [-0.39, 0.29) is 0 Å². The normalized spacial score (nSPS) is 12.5. The van der Waals surface area contributed by atoms with Gasteiger partial charge in [0, 0.05) is 0 Å². The molecule has 0 saturated heterocycles. The van der Waals surface area contributed by atoms with Crippen LogP contribution in [-0.2, 0) is 16.1 Å². The summed E-state index contributed by atoms with van der Waals surface area (Å²) in [5.41, 5.74) is 1.03. The molecule has 0 aromatic heterocycles. The van der Waals surface area contributed by atoms with Crippen LogP contribution in [0.2, 0.25) is 0 Å². The second-order valence-corrected chi connectivity index (χ2v) is 3.12. The van der Waals surface area contributed by atoms with Crippen molar-refractivity contribution in [1.82, 2.24) is 0 Å². The molecule has 0 heterocycles. The summed E-state index contributed by atoms with van der Waals surface area (Å²) in [5, 5.41) is -0.462. The van der Waals surface area contributed by atoms with E-state index in [1.165, 1.54) is 0 Å². The van der Waals surface area contributed by atoms with Crippen molar-refractivity contribution in [3.05, 3.63) is 35.9 Å². The lowest BCUT2D eigenvalue weighted by Gasteiger charge is -2.07. The zero-order valence-electron chi connectivity index (χ0n) is 7.37. The molecule has 0 N–H and O–H groups in total. The van der Waals surface area contributed by atoms with Gasteiger partial charge in [0.1, 0.15) is 6.10 Å². The summed E-state index contributed by atoms with van der Waals surface area (Å²) >= 11 is 5.23. The molecule has 0 aliphatic heterocycles. The van der Waals surface area contributed by atoms with Crippen LogP contribution in [0.3, 0.4) is 0 Å². The van der Waals surface area contributed by atoms with Crippen LogP contribution in [0.1, 0.15) is 12.5 Å². The van der Waals surface area contributed by atoms with E-state index >= 15 is 0 Å². The van der Waals surface area contributed by atoms with Gasteiger partial charge in [-0.1, -0.05) is 30.3 Å². The zero-order chi connectivity index (χ0) is 9.68. The first-order valence-corrected chi connectivity index (χ1v) is 4.43. The molecule has 1 unspecified atom stereocenters. The molecule has 0 saturated carbocycles. The SMILES string of the molecule is CC(OCc1ccccc1)C(=O)Cl. The largest absolute Gasteiger partial charge is 0.365 e. The molecule has 0 fully saturated rings. The van der Waals surface area contributed by atoms with Crippen molar-refractivity contribution in [2.75, 3.05) is 0 Å². The van der Waals surface area contributed by atoms with E-state index in [2.05, 4.69) is 0 Å². The van der Waals surface area contributed by atoms with Crippen molar-refractivity contribution in [3.63, 3.8) is 0 Å². The average Bonchev–Trinajstić information content (AvgIpc) is 2.15. The van der Waals surface area contributed by atoms with Gasteiger partial charge in [-0.3, -0.25) is 4.79 Å². The molecule has 1 aromatic rings. The molecule has 70 valence electrons. The Morgan fingerprint density at radius 2 is 2.08 bits per heavy atom. The Morgan fingerprint density at radius 3 is 2.62 bits per heavy atom. The molecule has 0 radical (unpaired) electrons. The number of hydrogen-bond acceptors (Lipinski definition) is 2. The summed E-state index contributed by atoms with van der Waals surface area (Å²) in [6.07, 6.45) is -0.540. The average molecular weight is 199 g/mol. The minimum atomic E-state index is -0.540. The summed E-state index contributed by atoms with van der Waals surface area (Å²) in [5.74, 6) is 0. The first kappa shape index (κ1) is 10.2. The molecule has 1 aromatic carbocycles. The third-order valence-electron chi connectivity index (χ3n) is 1.66. The summed E-state index contributed by atoms with van der Waals surface area (Å²) in [7, 11) is 0. The molecule has 0 aliphatic carbocycles. The fourth-order valence-corrected chi connectivity index (χ4v) is 0.924. The Balaban J connectivity index is 2.39. The van der Waals surface area contributed by atoms with E-state index in [1.807, 2.05) is 30.3 Å². The molecule has 1 atom stereocenters. The molecule has 3 heteroatoms. The van der Waals surface area contributed by atoms with Crippen LogP contribution in [0.25, 0.3) is 0 Å². The lowest BCUT2D eigenvalue weighted by atomic mass is 10.2. The third kappa shape index (κ3) is 3.57. The standard InChI is InChI=1S/C10H11ClO2/c1-8(10(11)12)13-7-9-5-3-2-4-6-9/h2-6,8H,7H2,1H3. The van der Waals surface area contributed by atoms with E-state index in [9.17, 15) is 4.79 Å². The minimum absolute atomic E-state index is 0.417. The van der Waals surface area contributed by atoms with Gasteiger partial charge in [0.25, 0.3) is 0 Å². The minimum Gasteiger partial charge on any atom is -0.365 e. The van der Waals surface area contributed by atoms with Crippen LogP contribution in [0, 0.1) is 0 Å². The summed E-state index contributed by atoms with van der Waals surface area (Å²) in [6.45, 7) is 2.05. The van der Waals surface area contributed by atoms with Crippen molar-refractivity contribution >= 4 is 16.8 Å². The van der Waals surface area contributed by atoms with Crippen molar-refractivity contribution in [3.8, 4) is 0 Å². The number of benzene rings is 1. The highest BCUT2D eigenvalue weighted by Crippen LogP contribution is 2.04. The Hall–Kier alpha value is -0.860. The second kappa shape index (κ2) is 5.00. The maximum absolute atomic E-state index is 10.6. The van der Waals surface area contributed by atoms with E-state index in [1.54, 1.807) is 6.92 Å². The maximum Gasteiger partial charge on any atom is 0.250 e. The Bertz CT molecular complexity index is 272. The molecule has 2 nitrogen and oxygen atoms in total. The van der Waals surface area contributed by atoms with Gasteiger partial charge in [0.05, 0.1) is 6.61 Å². The predicted molar refractivity (Wildman–Crippen MR) is 51.6 cm³/mol. The van der Waals surface area contributed by atoms with Gasteiger partial charge in [0.15, 0.2) is 0 Å². The van der Waals surface area contributed by atoms with Gasteiger partial charge in [-0.15, -0.1) is 0 Å². The van der Waals surface area contributed by atoms with Crippen molar-refractivity contribution in [2.24, 2.45) is 0 Å². The fraction of sp³-hybridized carbons (Fsp3) is 0.300. The lowest BCUT2D eigenvalue weighted by molar-refractivity contribution is -0.122. The van der Waals surface area contributed by atoms with Crippen molar-refractivity contribution < 1.29 is 9.53 Å². The number of carbonyl (C=O) groups excluding carboxylic acids is 1. The molecule has 1 rings (SSSR count). The number of hydrogen-bond donors (Lipinski definition) is 0. The van der Waals surface area contributed by atoms with Gasteiger partial charge in [-0.05, 0) is 24.1 Å². The molecule has 13 heavy (non-hydrogen) atoms. The van der Waals surface area contributed by atoms with Crippen LogP contribution in [0.5, 0.6) is 0 Å². The number of rotatable bonds is 4. The molecule has 0 aliphatic rings. The summed E-state index contributed by atoms with van der Waals surface area (Å²) in [6, 6.07) is 9.65. The Morgan fingerprint density at radius 1 is 1.46 bits per heavy atom. The van der Waals surface area contributed by atoms with E-state index < -0.39 is 11.3 Å². The highest BCUT2D eigenvalue weighted by Gasteiger charge is 2.09. The smallest absolute Gasteiger partial charge is 0.250 e. The molecular weight excluding hydrogens is 188 g/mol. The highest BCUT2D eigenvalue weighted by atomic mass is 35.5. The van der Waals surface area contributed by atoms with E-state index in [4.69, 9.17) is 16.3 Å². The maximum atomic E-state index is 10.6. The van der Waals surface area contributed by atoms with Gasteiger partial charge in [0.2, 0.25) is 5.24 Å². The van der Waals surface area contributed by atoms with Gasteiger partial charge in [-0.2, -0.15) is 0 Å². The van der Waals surface area contributed by atoms with Crippen LogP contribution in [0.4, 0.5) is 0 Å². The van der Waals surface area contributed by atoms with Crippen molar-refractivity contribution in [2.45, 2.75) is 19.6 Å². The van der Waals surface area contributed by atoms with Crippen LogP contribution in [-0.4, -0.2) is 11.3 Å². The van der Waals surface area contributed by atoms with E-state index in [0.29, 0.717) is 6.61 Å². The summed E-state index contributed by atoms with van der Waals surface area (Å²) in [4.78, 5) is 10.6. The first-order chi connectivity index (χ1) is 6.20. The molecule has 0 spiro atoms. The lowest BCUT2D eigenvalue weighted by Crippen LogP contribution is -2.15. The molecule has 0 bridgehead atoms. The van der Waals surface area contributed by atoms with E-state index in [0.717, 1.165) is 5.56 Å². The zero-order valence-corrected chi connectivity index (χ0v) is 8.12. The number of ether oxygens (including phenoxy) is 1. The molecule has 0 amide bonds. The summed E-state index contributed by atoms with van der Waals surface area (Å²) < 4.78 is 5.21. The van der Waals surface area contributed by atoms with Crippen LogP contribution in [0.15, 0.2) is 30.3 Å². The topological polar surface area (TPSA) is 26.3 Å². The predicted octanol–water partition coefficient (Wildman–Crippen LogP) is 2.36. The van der Waals surface area contributed by atoms with Gasteiger partial charge < -0.3 is 4.74 Å². The number of halogens is 1. The monoisotopic (exact) mass is 198 g/mol. The third-order valence-corrected chi connectivity index (χ3v) is 1.97. The van der Waals surface area contributed by atoms with Crippen LogP contribution >= 0.6 is 11.6 Å². The van der Waals surface area contributed by atoms with Crippen LogP contribution < -0.4 is 0 Å². The first-order valence-electron chi connectivity index (χ1n) is 4.05. The molecular formula is C10H11ClO2.